The van der Waals surface area contributed by atoms with Crippen molar-refractivity contribution in [1.82, 2.24) is 4.90 Å². The predicted octanol–water partition coefficient (Wildman–Crippen LogP) is 4.30. The Morgan fingerprint density at radius 2 is 1.33 bits per heavy atom. The maximum atomic E-state index is 13.7. The van der Waals surface area contributed by atoms with E-state index in [-0.39, 0.29) is 11.8 Å². The lowest BCUT2D eigenvalue weighted by Crippen LogP contribution is -2.37. The molecule has 0 bridgehead atoms. The summed E-state index contributed by atoms with van der Waals surface area (Å²) in [5.41, 5.74) is 4.49. The number of hydrogen-bond donors (Lipinski definition) is 0. The zero-order valence-corrected chi connectivity index (χ0v) is 15.6. The van der Waals surface area contributed by atoms with Gasteiger partial charge in [-0.3, -0.25) is 4.79 Å². The highest BCUT2D eigenvalue weighted by atomic mass is 16.2. The highest BCUT2D eigenvalue weighted by Crippen LogP contribution is 2.30. The van der Waals surface area contributed by atoms with Gasteiger partial charge in [0.15, 0.2) is 0 Å². The minimum absolute atomic E-state index is 0.164. The number of carbonyl (C=O) groups excluding carboxylic acids is 1. The Hall–Kier alpha value is -3.07. The van der Waals surface area contributed by atoms with E-state index in [1.807, 2.05) is 71.6 Å². The highest BCUT2D eigenvalue weighted by Gasteiger charge is 2.29. The van der Waals surface area contributed by atoms with E-state index in [1.54, 1.807) is 0 Å². The van der Waals surface area contributed by atoms with E-state index >= 15 is 0 Å². The lowest BCUT2D eigenvalue weighted by Gasteiger charge is -2.27. The third-order valence-corrected chi connectivity index (χ3v) is 5.29. The van der Waals surface area contributed by atoms with Crippen LogP contribution in [0.3, 0.4) is 0 Å². The summed E-state index contributed by atoms with van der Waals surface area (Å²) in [5, 5.41) is 0. The van der Waals surface area contributed by atoms with E-state index in [9.17, 15) is 4.79 Å². The predicted molar refractivity (Wildman–Crippen MR) is 110 cm³/mol. The summed E-state index contributed by atoms with van der Waals surface area (Å²) in [6.45, 7) is 2.20. The van der Waals surface area contributed by atoms with E-state index in [2.05, 4.69) is 30.1 Å². The molecule has 27 heavy (non-hydrogen) atoms. The third kappa shape index (κ3) is 3.59. The number of anilines is 1. The minimum Gasteiger partial charge on any atom is -0.373 e. The van der Waals surface area contributed by atoms with Gasteiger partial charge in [0, 0.05) is 32.4 Å². The molecule has 4 rings (SSSR count). The molecule has 0 aromatic heterocycles. The van der Waals surface area contributed by atoms with Gasteiger partial charge < -0.3 is 9.80 Å². The topological polar surface area (TPSA) is 23.6 Å². The van der Waals surface area contributed by atoms with E-state index in [0.29, 0.717) is 6.54 Å². The molecular weight excluding hydrogens is 332 g/mol. The molecule has 0 spiro atoms. The van der Waals surface area contributed by atoms with Crippen LogP contribution >= 0.6 is 0 Å². The summed E-state index contributed by atoms with van der Waals surface area (Å²) in [5.74, 6) is -0.111. The molecule has 0 saturated heterocycles. The summed E-state index contributed by atoms with van der Waals surface area (Å²) >= 11 is 0. The lowest BCUT2D eigenvalue weighted by molar-refractivity contribution is -0.132. The van der Waals surface area contributed by atoms with Crippen LogP contribution in [0.2, 0.25) is 0 Å². The second-order valence-corrected chi connectivity index (χ2v) is 7.06. The molecule has 1 heterocycles. The van der Waals surface area contributed by atoms with E-state index in [0.717, 1.165) is 24.2 Å². The van der Waals surface area contributed by atoms with Crippen molar-refractivity contribution in [3.05, 3.63) is 102 Å². The van der Waals surface area contributed by atoms with Crippen LogP contribution in [0.15, 0.2) is 84.9 Å². The van der Waals surface area contributed by atoms with Gasteiger partial charge in [-0.15, -0.1) is 0 Å². The van der Waals surface area contributed by atoms with Gasteiger partial charge >= 0.3 is 0 Å². The molecule has 1 amide bonds. The van der Waals surface area contributed by atoms with Crippen LogP contribution in [0.1, 0.15) is 22.6 Å². The number of likely N-dealkylation sites (N-methyl/N-ethyl adjacent to an activating group) is 1. The molecule has 0 saturated carbocycles. The van der Waals surface area contributed by atoms with Crippen molar-refractivity contribution >= 4 is 11.6 Å². The Labute approximate surface area is 160 Å². The van der Waals surface area contributed by atoms with Crippen LogP contribution in [0, 0.1) is 0 Å². The molecule has 3 aromatic carbocycles. The number of nitrogens with zero attached hydrogens (tertiary/aromatic N) is 2. The number of rotatable bonds is 3. The maximum absolute atomic E-state index is 13.7. The highest BCUT2D eigenvalue weighted by molar-refractivity contribution is 5.87. The lowest BCUT2D eigenvalue weighted by atomic mass is 9.90. The van der Waals surface area contributed by atoms with E-state index in [1.165, 1.54) is 11.3 Å². The van der Waals surface area contributed by atoms with Crippen molar-refractivity contribution in [1.29, 1.82) is 0 Å². The first kappa shape index (κ1) is 17.3. The SMILES string of the molecule is CN1CCN(C(=O)C(c2ccccc2)c2ccccc2)Cc2ccccc21. The number of para-hydroxylation sites is 1. The molecule has 0 unspecified atom stereocenters. The second-order valence-electron chi connectivity index (χ2n) is 7.06. The van der Waals surface area contributed by atoms with Gasteiger partial charge in [-0.05, 0) is 22.8 Å². The smallest absolute Gasteiger partial charge is 0.234 e. The number of carbonyl (C=O) groups is 1. The summed E-state index contributed by atoms with van der Waals surface area (Å²) in [7, 11) is 2.10. The monoisotopic (exact) mass is 356 g/mol. The first-order chi connectivity index (χ1) is 13.2. The van der Waals surface area contributed by atoms with E-state index < -0.39 is 0 Å². The first-order valence-electron chi connectivity index (χ1n) is 9.42. The second kappa shape index (κ2) is 7.67. The standard InChI is InChI=1S/C24H24N2O/c1-25-16-17-26(18-21-14-8-9-15-22(21)25)24(27)23(19-10-4-2-5-11-19)20-12-6-3-7-13-20/h2-15,23H,16-18H2,1H3. The summed E-state index contributed by atoms with van der Waals surface area (Å²) in [6.07, 6.45) is 0. The number of hydrogen-bond acceptors (Lipinski definition) is 2. The van der Waals surface area contributed by atoms with Crippen LogP contribution in [-0.2, 0) is 11.3 Å². The quantitative estimate of drug-likeness (QED) is 0.699. The Morgan fingerprint density at radius 3 is 1.96 bits per heavy atom. The zero-order valence-electron chi connectivity index (χ0n) is 15.6. The van der Waals surface area contributed by atoms with Gasteiger partial charge in [0.25, 0.3) is 0 Å². The van der Waals surface area contributed by atoms with Gasteiger partial charge in [-0.1, -0.05) is 78.9 Å². The Kier molecular flexibility index (Phi) is 4.93. The van der Waals surface area contributed by atoms with E-state index in [4.69, 9.17) is 0 Å². The molecule has 1 aliphatic rings. The van der Waals surface area contributed by atoms with Crippen LogP contribution in [0.25, 0.3) is 0 Å². The molecule has 3 heteroatoms. The zero-order chi connectivity index (χ0) is 18.6. The minimum atomic E-state index is -0.275. The molecule has 1 aliphatic heterocycles. The first-order valence-corrected chi connectivity index (χ1v) is 9.42. The van der Waals surface area contributed by atoms with Gasteiger partial charge in [-0.25, -0.2) is 0 Å². The molecule has 0 fully saturated rings. The Balaban J connectivity index is 1.70. The molecule has 3 nitrogen and oxygen atoms in total. The average molecular weight is 356 g/mol. The van der Waals surface area contributed by atoms with Crippen molar-refractivity contribution in [3.63, 3.8) is 0 Å². The van der Waals surface area contributed by atoms with Gasteiger partial charge in [0.1, 0.15) is 0 Å². The fourth-order valence-electron chi connectivity index (χ4n) is 3.83. The number of amides is 1. The molecule has 0 atom stereocenters. The fourth-order valence-corrected chi connectivity index (χ4v) is 3.83. The maximum Gasteiger partial charge on any atom is 0.234 e. The molecule has 136 valence electrons. The van der Waals surface area contributed by atoms with Gasteiger partial charge in [0.2, 0.25) is 5.91 Å². The van der Waals surface area contributed by atoms with Crippen molar-refractivity contribution in [2.24, 2.45) is 0 Å². The summed E-state index contributed by atoms with van der Waals surface area (Å²) < 4.78 is 0. The van der Waals surface area contributed by atoms with Gasteiger partial charge in [0.05, 0.1) is 5.92 Å². The molecular formula is C24H24N2O. The van der Waals surface area contributed by atoms with Crippen LogP contribution in [0.5, 0.6) is 0 Å². The normalized spacial score (nSPS) is 14.0. The van der Waals surface area contributed by atoms with Crippen molar-refractivity contribution in [2.45, 2.75) is 12.5 Å². The van der Waals surface area contributed by atoms with Crippen molar-refractivity contribution in [2.75, 3.05) is 25.0 Å². The summed E-state index contributed by atoms with van der Waals surface area (Å²) in [6, 6.07) is 28.6. The average Bonchev–Trinajstić information content (AvgIpc) is 2.89. The van der Waals surface area contributed by atoms with Gasteiger partial charge in [-0.2, -0.15) is 0 Å². The van der Waals surface area contributed by atoms with Crippen molar-refractivity contribution in [3.8, 4) is 0 Å². The summed E-state index contributed by atoms with van der Waals surface area (Å²) in [4.78, 5) is 17.9. The Bertz CT molecular complexity index is 868. The largest absolute Gasteiger partial charge is 0.373 e. The fraction of sp³-hybridized carbons (Fsp3) is 0.208. The van der Waals surface area contributed by atoms with Crippen LogP contribution in [-0.4, -0.2) is 30.9 Å². The number of fused-ring (bicyclic) bond motifs is 1. The molecule has 3 aromatic rings. The third-order valence-electron chi connectivity index (χ3n) is 5.29. The Morgan fingerprint density at radius 1 is 0.778 bits per heavy atom. The van der Waals surface area contributed by atoms with Crippen LogP contribution < -0.4 is 4.90 Å². The van der Waals surface area contributed by atoms with Crippen molar-refractivity contribution < 1.29 is 4.79 Å². The molecule has 0 radical (unpaired) electrons. The number of benzene rings is 3. The molecule has 0 aliphatic carbocycles. The molecule has 0 N–H and O–H groups in total. The van der Waals surface area contributed by atoms with Crippen LogP contribution in [0.4, 0.5) is 5.69 Å².